The molecule has 3 heterocycles. The van der Waals surface area contributed by atoms with Crippen LogP contribution in [0.15, 0.2) is 48.8 Å². The number of ether oxygens (including phenoxy) is 2. The van der Waals surface area contributed by atoms with Crippen molar-refractivity contribution in [2.24, 2.45) is 0 Å². The highest BCUT2D eigenvalue weighted by molar-refractivity contribution is 5.94. The smallest absolute Gasteiger partial charge is 0.251 e. The molecule has 2 fully saturated rings. The van der Waals surface area contributed by atoms with Crippen molar-refractivity contribution in [2.45, 2.75) is 18.9 Å². The Morgan fingerprint density at radius 3 is 2.58 bits per heavy atom. The number of piperidine rings is 1. The molecule has 8 heteroatoms. The Morgan fingerprint density at radius 2 is 1.85 bits per heavy atom. The maximum atomic E-state index is 12.4. The first-order valence-corrected chi connectivity index (χ1v) is 12.0. The van der Waals surface area contributed by atoms with E-state index in [-0.39, 0.29) is 5.91 Å². The van der Waals surface area contributed by atoms with Gasteiger partial charge in [-0.15, -0.1) is 0 Å². The van der Waals surface area contributed by atoms with E-state index in [0.717, 1.165) is 71.1 Å². The first-order valence-electron chi connectivity index (χ1n) is 12.0. The van der Waals surface area contributed by atoms with Gasteiger partial charge in [0.2, 0.25) is 0 Å². The number of nitrogens with zero attached hydrogens (tertiary/aromatic N) is 3. The van der Waals surface area contributed by atoms with Gasteiger partial charge in [-0.05, 0) is 49.2 Å². The molecule has 2 aliphatic rings. The van der Waals surface area contributed by atoms with Crippen LogP contribution in [0, 0.1) is 0 Å². The van der Waals surface area contributed by atoms with Gasteiger partial charge in [-0.1, -0.05) is 0 Å². The van der Waals surface area contributed by atoms with Gasteiger partial charge in [0.1, 0.15) is 12.4 Å². The maximum absolute atomic E-state index is 12.4. The lowest BCUT2D eigenvalue weighted by molar-refractivity contribution is 0.0383. The summed E-state index contributed by atoms with van der Waals surface area (Å²) >= 11 is 0. The molecule has 2 N–H and O–H groups in total. The van der Waals surface area contributed by atoms with E-state index in [1.165, 1.54) is 5.69 Å². The van der Waals surface area contributed by atoms with Crippen molar-refractivity contribution in [3.05, 3.63) is 54.4 Å². The molecule has 33 heavy (non-hydrogen) atoms. The molecule has 0 radical (unpaired) electrons. The standard InChI is InChI=1S/C25H35N5O3/c31-25(28-10-14-29-15-18-32-19-16-29)21-3-5-23(6-4-21)30-12-7-22(8-13-30)27-11-17-33-24-2-1-9-26-20-24/h1-6,9,20,22,27H,7-8,10-19H2,(H,28,31). The van der Waals surface area contributed by atoms with E-state index in [1.54, 1.807) is 12.4 Å². The normalized spacial score (nSPS) is 17.6. The molecule has 0 saturated carbocycles. The van der Waals surface area contributed by atoms with Crippen molar-refractivity contribution in [3.63, 3.8) is 0 Å². The average Bonchev–Trinajstić information content (AvgIpc) is 2.88. The fraction of sp³-hybridized carbons (Fsp3) is 0.520. The number of hydrogen-bond donors (Lipinski definition) is 2. The summed E-state index contributed by atoms with van der Waals surface area (Å²) in [6, 6.07) is 12.3. The number of pyridine rings is 1. The molecule has 0 atom stereocenters. The fourth-order valence-corrected chi connectivity index (χ4v) is 4.28. The van der Waals surface area contributed by atoms with Crippen LogP contribution in [0.1, 0.15) is 23.2 Å². The number of carbonyl (C=O) groups excluding carboxylic acids is 1. The zero-order valence-electron chi connectivity index (χ0n) is 19.2. The number of hydrogen-bond acceptors (Lipinski definition) is 7. The quantitative estimate of drug-likeness (QED) is 0.531. The van der Waals surface area contributed by atoms with Crippen molar-refractivity contribution in [1.29, 1.82) is 0 Å². The molecule has 1 aromatic carbocycles. The van der Waals surface area contributed by atoms with Crippen LogP contribution in [-0.4, -0.2) is 87.5 Å². The molecule has 0 aliphatic carbocycles. The van der Waals surface area contributed by atoms with Crippen LogP contribution in [0.3, 0.4) is 0 Å². The van der Waals surface area contributed by atoms with Gasteiger partial charge in [0.15, 0.2) is 0 Å². The molecule has 8 nitrogen and oxygen atoms in total. The highest BCUT2D eigenvalue weighted by Crippen LogP contribution is 2.20. The topological polar surface area (TPSA) is 79.0 Å². The van der Waals surface area contributed by atoms with Gasteiger partial charge in [0.25, 0.3) is 5.91 Å². The average molecular weight is 454 g/mol. The molecule has 2 aromatic rings. The minimum Gasteiger partial charge on any atom is -0.491 e. The van der Waals surface area contributed by atoms with Crippen LogP contribution in [0.2, 0.25) is 0 Å². The van der Waals surface area contributed by atoms with E-state index in [4.69, 9.17) is 9.47 Å². The molecule has 2 aliphatic heterocycles. The lowest BCUT2D eigenvalue weighted by Crippen LogP contribution is -2.43. The van der Waals surface area contributed by atoms with Crippen LogP contribution >= 0.6 is 0 Å². The summed E-state index contributed by atoms with van der Waals surface area (Å²) in [7, 11) is 0. The van der Waals surface area contributed by atoms with Crippen LogP contribution in [-0.2, 0) is 4.74 Å². The summed E-state index contributed by atoms with van der Waals surface area (Å²) in [4.78, 5) is 21.2. The van der Waals surface area contributed by atoms with Gasteiger partial charge in [-0.2, -0.15) is 0 Å². The highest BCUT2D eigenvalue weighted by Gasteiger charge is 2.19. The van der Waals surface area contributed by atoms with Crippen molar-refractivity contribution < 1.29 is 14.3 Å². The van der Waals surface area contributed by atoms with Crippen LogP contribution in [0.5, 0.6) is 5.75 Å². The predicted molar refractivity (Wildman–Crippen MR) is 129 cm³/mol. The molecular formula is C25H35N5O3. The second kappa shape index (κ2) is 12.5. The highest BCUT2D eigenvalue weighted by atomic mass is 16.5. The first kappa shape index (κ1) is 23.5. The molecular weight excluding hydrogens is 418 g/mol. The largest absolute Gasteiger partial charge is 0.491 e. The number of rotatable bonds is 10. The minimum absolute atomic E-state index is 0.00813. The Labute approximate surface area is 196 Å². The molecule has 2 saturated heterocycles. The predicted octanol–water partition coefficient (Wildman–Crippen LogP) is 1.78. The lowest BCUT2D eigenvalue weighted by Gasteiger charge is -2.34. The minimum atomic E-state index is -0.00813. The Morgan fingerprint density at radius 1 is 1.06 bits per heavy atom. The Hall–Kier alpha value is -2.68. The Bertz CT molecular complexity index is 835. The third-order valence-electron chi connectivity index (χ3n) is 6.25. The van der Waals surface area contributed by atoms with E-state index in [1.807, 2.05) is 24.3 Å². The van der Waals surface area contributed by atoms with E-state index >= 15 is 0 Å². The summed E-state index contributed by atoms with van der Waals surface area (Å²) in [5.41, 5.74) is 1.89. The third-order valence-corrected chi connectivity index (χ3v) is 6.25. The summed E-state index contributed by atoms with van der Waals surface area (Å²) in [5.74, 6) is 0.801. The van der Waals surface area contributed by atoms with E-state index < -0.39 is 0 Å². The van der Waals surface area contributed by atoms with Gasteiger partial charge >= 0.3 is 0 Å². The first-order chi connectivity index (χ1) is 16.3. The van der Waals surface area contributed by atoms with Gasteiger partial charge in [-0.25, -0.2) is 0 Å². The molecule has 0 bridgehead atoms. The molecule has 0 unspecified atom stereocenters. The molecule has 4 rings (SSSR count). The molecule has 178 valence electrons. The van der Waals surface area contributed by atoms with Crippen LogP contribution in [0.4, 0.5) is 5.69 Å². The summed E-state index contributed by atoms with van der Waals surface area (Å²) < 4.78 is 11.1. The van der Waals surface area contributed by atoms with E-state index in [9.17, 15) is 4.79 Å². The number of anilines is 1. The molecule has 1 amide bonds. The number of aromatic nitrogens is 1. The zero-order chi connectivity index (χ0) is 22.7. The monoisotopic (exact) mass is 453 g/mol. The van der Waals surface area contributed by atoms with E-state index in [0.29, 0.717) is 24.8 Å². The van der Waals surface area contributed by atoms with Gasteiger partial charge in [-0.3, -0.25) is 14.7 Å². The number of amides is 1. The molecule has 1 aromatic heterocycles. The van der Waals surface area contributed by atoms with Crippen molar-refractivity contribution in [3.8, 4) is 5.75 Å². The van der Waals surface area contributed by atoms with Gasteiger partial charge in [0.05, 0.1) is 19.4 Å². The number of nitrogens with one attached hydrogen (secondary N) is 2. The number of morpholine rings is 1. The van der Waals surface area contributed by atoms with Gasteiger partial charge < -0.3 is 25.0 Å². The van der Waals surface area contributed by atoms with Crippen molar-refractivity contribution in [1.82, 2.24) is 20.5 Å². The van der Waals surface area contributed by atoms with Crippen molar-refractivity contribution >= 4 is 11.6 Å². The third kappa shape index (κ3) is 7.42. The zero-order valence-corrected chi connectivity index (χ0v) is 19.2. The van der Waals surface area contributed by atoms with E-state index in [2.05, 4.69) is 37.6 Å². The Balaban J connectivity index is 1.12. The van der Waals surface area contributed by atoms with Gasteiger partial charge in [0, 0.05) is 69.3 Å². The second-order valence-corrected chi connectivity index (χ2v) is 8.51. The fourth-order valence-electron chi connectivity index (χ4n) is 4.28. The summed E-state index contributed by atoms with van der Waals surface area (Å²) in [6.07, 6.45) is 5.67. The molecule has 0 spiro atoms. The van der Waals surface area contributed by atoms with Crippen LogP contribution in [0.25, 0.3) is 0 Å². The van der Waals surface area contributed by atoms with Crippen molar-refractivity contribution in [2.75, 3.05) is 70.5 Å². The second-order valence-electron chi connectivity index (χ2n) is 8.51. The van der Waals surface area contributed by atoms with Crippen LogP contribution < -0.4 is 20.3 Å². The summed E-state index contributed by atoms with van der Waals surface area (Å²) in [6.45, 7) is 8.45. The number of benzene rings is 1. The lowest BCUT2D eigenvalue weighted by atomic mass is 10.0. The SMILES string of the molecule is O=C(NCCN1CCOCC1)c1ccc(N2CCC(NCCOc3cccnc3)CC2)cc1. The number of carbonyl (C=O) groups is 1. The summed E-state index contributed by atoms with van der Waals surface area (Å²) in [5, 5.41) is 6.62. The maximum Gasteiger partial charge on any atom is 0.251 e. The Kier molecular flexibility index (Phi) is 8.91.